The van der Waals surface area contributed by atoms with Crippen LogP contribution in [0.1, 0.15) is 24.2 Å². The van der Waals surface area contributed by atoms with E-state index in [0.717, 1.165) is 0 Å². The zero-order valence-electron chi connectivity index (χ0n) is 11.3. The standard InChI is InChI=1S/C11H10F3N3O5/c1-10(2,11(12,13)14)15-9(18)6-3-7(16(19)20)5-8(4-6)17(21)22/h3-5H,1-2H3,(H,15,18). The van der Waals surface area contributed by atoms with Crippen LogP contribution in [0.4, 0.5) is 24.5 Å². The molecule has 0 saturated carbocycles. The number of nitrogens with zero attached hydrogens (tertiary/aromatic N) is 2. The lowest BCUT2D eigenvalue weighted by Crippen LogP contribution is -2.54. The molecule has 22 heavy (non-hydrogen) atoms. The fourth-order valence-corrected chi connectivity index (χ4v) is 1.36. The molecule has 0 atom stereocenters. The van der Waals surface area contributed by atoms with E-state index in [1.165, 1.54) is 0 Å². The molecule has 0 unspecified atom stereocenters. The van der Waals surface area contributed by atoms with E-state index in [-0.39, 0.29) is 0 Å². The van der Waals surface area contributed by atoms with Crippen LogP contribution in [0.25, 0.3) is 0 Å². The summed E-state index contributed by atoms with van der Waals surface area (Å²) in [7, 11) is 0. The maximum absolute atomic E-state index is 12.7. The highest BCUT2D eigenvalue weighted by Crippen LogP contribution is 2.30. The monoisotopic (exact) mass is 321 g/mol. The molecular formula is C11H10F3N3O5. The molecule has 11 heteroatoms. The first-order chi connectivity index (χ1) is 9.85. The number of halogens is 3. The van der Waals surface area contributed by atoms with E-state index in [2.05, 4.69) is 0 Å². The number of nitro groups is 2. The minimum absolute atomic E-state index is 0.603. The van der Waals surface area contributed by atoms with Gasteiger partial charge in [-0.2, -0.15) is 13.2 Å². The van der Waals surface area contributed by atoms with Crippen molar-refractivity contribution in [3.8, 4) is 0 Å². The second kappa shape index (κ2) is 5.58. The Bertz CT molecular complexity index is 610. The molecule has 0 saturated heterocycles. The van der Waals surface area contributed by atoms with E-state index < -0.39 is 44.4 Å². The van der Waals surface area contributed by atoms with Crippen molar-refractivity contribution >= 4 is 17.3 Å². The smallest absolute Gasteiger partial charge is 0.338 e. The molecule has 0 bridgehead atoms. The van der Waals surface area contributed by atoms with Crippen LogP contribution in [0.3, 0.4) is 0 Å². The number of non-ortho nitro benzene ring substituents is 2. The lowest BCUT2D eigenvalue weighted by Gasteiger charge is -2.28. The summed E-state index contributed by atoms with van der Waals surface area (Å²) in [6.45, 7) is 1.38. The Hall–Kier alpha value is -2.72. The van der Waals surface area contributed by atoms with E-state index in [0.29, 0.717) is 32.0 Å². The van der Waals surface area contributed by atoms with Gasteiger partial charge in [0.1, 0.15) is 5.54 Å². The number of alkyl halides is 3. The molecule has 0 radical (unpaired) electrons. The molecule has 0 spiro atoms. The van der Waals surface area contributed by atoms with Gasteiger partial charge in [-0.05, 0) is 13.8 Å². The number of hydrogen-bond donors (Lipinski definition) is 1. The molecule has 1 aromatic rings. The third-order valence-electron chi connectivity index (χ3n) is 2.72. The Kier molecular flexibility index (Phi) is 4.39. The number of benzene rings is 1. The Balaban J connectivity index is 3.23. The van der Waals surface area contributed by atoms with Gasteiger partial charge in [0.15, 0.2) is 0 Å². The molecule has 0 heterocycles. The number of rotatable bonds is 4. The molecule has 1 aromatic carbocycles. The second-order valence-corrected chi connectivity index (χ2v) is 4.83. The molecule has 0 aliphatic rings. The van der Waals surface area contributed by atoms with E-state index in [4.69, 9.17) is 0 Å². The van der Waals surface area contributed by atoms with Crippen LogP contribution in [0, 0.1) is 20.2 Å². The summed E-state index contributed by atoms with van der Waals surface area (Å²) >= 11 is 0. The van der Waals surface area contributed by atoms with Crippen LogP contribution in [-0.2, 0) is 0 Å². The summed E-state index contributed by atoms with van der Waals surface area (Å²) in [6, 6.07) is 1.93. The van der Waals surface area contributed by atoms with Crippen molar-refractivity contribution in [3.63, 3.8) is 0 Å². The van der Waals surface area contributed by atoms with Gasteiger partial charge in [0, 0.05) is 12.1 Å². The number of carbonyl (C=O) groups is 1. The van der Waals surface area contributed by atoms with E-state index >= 15 is 0 Å². The molecule has 8 nitrogen and oxygen atoms in total. The second-order valence-electron chi connectivity index (χ2n) is 4.83. The van der Waals surface area contributed by atoms with Crippen LogP contribution in [0.2, 0.25) is 0 Å². The molecule has 1 rings (SSSR count). The van der Waals surface area contributed by atoms with Crippen molar-refractivity contribution in [1.29, 1.82) is 0 Å². The highest BCUT2D eigenvalue weighted by molar-refractivity contribution is 5.96. The van der Waals surface area contributed by atoms with Crippen molar-refractivity contribution in [3.05, 3.63) is 44.0 Å². The summed E-state index contributed by atoms with van der Waals surface area (Å²) in [5, 5.41) is 23.0. The Labute approximate surface area is 121 Å². The van der Waals surface area contributed by atoms with Gasteiger partial charge < -0.3 is 5.32 Å². The van der Waals surface area contributed by atoms with Crippen molar-refractivity contribution in [2.24, 2.45) is 0 Å². The van der Waals surface area contributed by atoms with Gasteiger partial charge in [-0.25, -0.2) is 0 Å². The third-order valence-corrected chi connectivity index (χ3v) is 2.72. The molecule has 0 fully saturated rings. The summed E-state index contributed by atoms with van der Waals surface area (Å²) in [5.41, 5.74) is -4.77. The number of amides is 1. The van der Waals surface area contributed by atoms with Gasteiger partial charge in [0.2, 0.25) is 0 Å². The largest absolute Gasteiger partial charge is 0.410 e. The lowest BCUT2D eigenvalue weighted by atomic mass is 10.0. The fraction of sp³-hybridized carbons (Fsp3) is 0.364. The molecule has 0 aliphatic heterocycles. The van der Waals surface area contributed by atoms with Gasteiger partial charge in [0.25, 0.3) is 17.3 Å². The Morgan fingerprint density at radius 3 is 1.77 bits per heavy atom. The SMILES string of the molecule is CC(C)(NC(=O)c1cc([N+](=O)[O-])cc([N+](=O)[O-])c1)C(F)(F)F. The molecule has 0 aliphatic carbocycles. The molecule has 120 valence electrons. The van der Waals surface area contributed by atoms with E-state index in [1.807, 2.05) is 0 Å². The highest BCUT2D eigenvalue weighted by Gasteiger charge is 2.48. The number of hydrogen-bond acceptors (Lipinski definition) is 5. The van der Waals surface area contributed by atoms with Crippen LogP contribution in [-0.4, -0.2) is 27.5 Å². The predicted octanol–water partition coefficient (Wildman–Crippen LogP) is 2.57. The van der Waals surface area contributed by atoms with Gasteiger partial charge in [-0.15, -0.1) is 0 Å². The van der Waals surface area contributed by atoms with E-state index in [1.54, 1.807) is 5.32 Å². The van der Waals surface area contributed by atoms with Crippen molar-refractivity contribution in [1.82, 2.24) is 5.32 Å². The lowest BCUT2D eigenvalue weighted by molar-refractivity contribution is -0.394. The fourth-order valence-electron chi connectivity index (χ4n) is 1.36. The predicted molar refractivity (Wildman–Crippen MR) is 67.4 cm³/mol. The average molecular weight is 321 g/mol. The zero-order valence-corrected chi connectivity index (χ0v) is 11.3. The third kappa shape index (κ3) is 3.68. The molecule has 1 amide bonds. The van der Waals surface area contributed by atoms with Crippen molar-refractivity contribution < 1.29 is 27.8 Å². The van der Waals surface area contributed by atoms with Crippen LogP contribution >= 0.6 is 0 Å². The molecule has 1 N–H and O–H groups in total. The maximum atomic E-state index is 12.7. The van der Waals surface area contributed by atoms with Crippen LogP contribution in [0.5, 0.6) is 0 Å². The van der Waals surface area contributed by atoms with E-state index in [9.17, 15) is 38.2 Å². The minimum atomic E-state index is -4.77. The Morgan fingerprint density at radius 1 is 1.05 bits per heavy atom. The molecule has 0 aromatic heterocycles. The summed E-state index contributed by atoms with van der Waals surface area (Å²) in [6.07, 6.45) is -4.77. The first-order valence-corrected chi connectivity index (χ1v) is 5.68. The number of nitrogens with one attached hydrogen (secondary N) is 1. The van der Waals surface area contributed by atoms with Gasteiger partial charge in [0.05, 0.1) is 21.5 Å². The first-order valence-electron chi connectivity index (χ1n) is 5.68. The van der Waals surface area contributed by atoms with Crippen LogP contribution in [0.15, 0.2) is 18.2 Å². The Morgan fingerprint density at radius 2 is 1.45 bits per heavy atom. The van der Waals surface area contributed by atoms with Gasteiger partial charge in [-0.1, -0.05) is 0 Å². The quantitative estimate of drug-likeness (QED) is 0.676. The summed E-state index contributed by atoms with van der Waals surface area (Å²) in [5.74, 6) is -1.31. The topological polar surface area (TPSA) is 115 Å². The number of carbonyl (C=O) groups excluding carboxylic acids is 1. The summed E-state index contributed by atoms with van der Waals surface area (Å²) in [4.78, 5) is 31.2. The highest BCUT2D eigenvalue weighted by atomic mass is 19.4. The van der Waals surface area contributed by atoms with Gasteiger partial charge in [-0.3, -0.25) is 25.0 Å². The van der Waals surface area contributed by atoms with Crippen LogP contribution < -0.4 is 5.32 Å². The van der Waals surface area contributed by atoms with Crippen molar-refractivity contribution in [2.45, 2.75) is 25.6 Å². The minimum Gasteiger partial charge on any atom is -0.338 e. The zero-order chi connectivity index (χ0) is 17.3. The average Bonchev–Trinajstić information content (AvgIpc) is 2.36. The normalized spacial score (nSPS) is 11.9. The number of nitro benzene ring substituents is 2. The van der Waals surface area contributed by atoms with Gasteiger partial charge >= 0.3 is 6.18 Å². The summed E-state index contributed by atoms with van der Waals surface area (Å²) < 4.78 is 38.1. The first kappa shape index (κ1) is 17.3. The molecular weight excluding hydrogens is 311 g/mol. The maximum Gasteiger partial charge on any atom is 0.410 e. The van der Waals surface area contributed by atoms with Crippen molar-refractivity contribution in [2.75, 3.05) is 0 Å².